The number of aliphatic carboxylic acids is 1. The van der Waals surface area contributed by atoms with E-state index in [1.165, 1.54) is 18.1 Å². The van der Waals surface area contributed by atoms with Gasteiger partial charge in [0, 0.05) is 19.8 Å². The summed E-state index contributed by atoms with van der Waals surface area (Å²) < 4.78 is 5.18. The molecule has 130 valence electrons. The number of methoxy groups -OCH3 is 1. The van der Waals surface area contributed by atoms with E-state index in [1.54, 1.807) is 40.1 Å². The van der Waals surface area contributed by atoms with Crippen molar-refractivity contribution in [2.24, 2.45) is 17.3 Å². The molecule has 1 aromatic carbocycles. The molecule has 0 heterocycles. The second-order valence-electron chi connectivity index (χ2n) is 6.72. The van der Waals surface area contributed by atoms with Crippen LogP contribution >= 0.6 is 0 Å². The number of ether oxygens (including phenoxy) is 1. The van der Waals surface area contributed by atoms with Crippen molar-refractivity contribution in [3.8, 4) is 5.75 Å². The Morgan fingerprint density at radius 1 is 1.21 bits per heavy atom. The van der Waals surface area contributed by atoms with E-state index in [0.717, 1.165) is 0 Å². The summed E-state index contributed by atoms with van der Waals surface area (Å²) in [6.45, 7) is 3.51. The molecule has 0 aliphatic heterocycles. The largest absolute Gasteiger partial charge is 0.496 e. The number of carbonyl (C=O) groups excluding carboxylic acids is 2. The predicted octanol–water partition coefficient (Wildman–Crippen LogP) is 1.69. The van der Waals surface area contributed by atoms with Crippen LogP contribution in [0.1, 0.15) is 24.2 Å². The van der Waals surface area contributed by atoms with Gasteiger partial charge in [-0.05, 0) is 23.6 Å². The fraction of sp³-hybridized carbons (Fsp3) is 0.471. The highest BCUT2D eigenvalue weighted by Crippen LogP contribution is 2.58. The Bertz CT molecular complexity index is 696. The summed E-state index contributed by atoms with van der Waals surface area (Å²) in [5.41, 5.74) is 0.174. The molecule has 0 saturated heterocycles. The zero-order chi connectivity index (χ0) is 18.2. The highest BCUT2D eigenvalue weighted by atomic mass is 16.5. The first-order valence-electron chi connectivity index (χ1n) is 7.54. The first-order valence-corrected chi connectivity index (χ1v) is 7.54. The fourth-order valence-electron chi connectivity index (χ4n) is 3.00. The molecule has 0 bridgehead atoms. The molecule has 0 unspecified atom stereocenters. The molecule has 0 aromatic heterocycles. The van der Waals surface area contributed by atoms with Gasteiger partial charge in [0.1, 0.15) is 5.75 Å². The normalized spacial score (nSPS) is 20.9. The van der Waals surface area contributed by atoms with Crippen molar-refractivity contribution in [1.29, 1.82) is 0 Å². The molecule has 7 heteroatoms. The van der Waals surface area contributed by atoms with Crippen LogP contribution in [0.2, 0.25) is 0 Å². The number of nitrogens with one attached hydrogen (secondary N) is 1. The van der Waals surface area contributed by atoms with Crippen LogP contribution in [-0.2, 0) is 9.59 Å². The van der Waals surface area contributed by atoms with Crippen molar-refractivity contribution >= 4 is 23.5 Å². The van der Waals surface area contributed by atoms with Crippen LogP contribution in [0.5, 0.6) is 5.75 Å². The number of rotatable bonds is 5. The quantitative estimate of drug-likeness (QED) is 0.854. The third kappa shape index (κ3) is 3.06. The molecule has 2 N–H and O–H groups in total. The number of benzene rings is 1. The van der Waals surface area contributed by atoms with Crippen LogP contribution in [0.25, 0.3) is 0 Å². The van der Waals surface area contributed by atoms with Gasteiger partial charge in [0.25, 0.3) is 5.91 Å². The van der Waals surface area contributed by atoms with Gasteiger partial charge in [-0.1, -0.05) is 13.8 Å². The Hall–Kier alpha value is -2.57. The standard InChI is InChI=1S/C17H22N2O5/c1-17(2)12(13(17)16(22)23)14(20)18-9-6-7-11(24-5)10(8-9)15(21)19(3)4/h6-8,12-13H,1-5H3,(H,18,20)(H,22,23)/t12-,13+/m0/s1. The molecule has 0 radical (unpaired) electrons. The monoisotopic (exact) mass is 334 g/mol. The lowest BCUT2D eigenvalue weighted by molar-refractivity contribution is -0.140. The molecule has 1 saturated carbocycles. The maximum Gasteiger partial charge on any atom is 0.307 e. The van der Waals surface area contributed by atoms with Gasteiger partial charge in [-0.2, -0.15) is 0 Å². The minimum Gasteiger partial charge on any atom is -0.496 e. The van der Waals surface area contributed by atoms with E-state index in [0.29, 0.717) is 17.0 Å². The van der Waals surface area contributed by atoms with Crippen molar-refractivity contribution in [2.45, 2.75) is 13.8 Å². The SMILES string of the molecule is COc1ccc(NC(=O)[C@@H]2[C@H](C(=O)O)C2(C)C)cc1C(=O)N(C)C. The van der Waals surface area contributed by atoms with Gasteiger partial charge in [0.15, 0.2) is 0 Å². The summed E-state index contributed by atoms with van der Waals surface area (Å²) in [7, 11) is 4.71. The lowest BCUT2D eigenvalue weighted by Gasteiger charge is -2.15. The molecule has 2 atom stereocenters. The Labute approximate surface area is 140 Å². The van der Waals surface area contributed by atoms with Gasteiger partial charge in [-0.15, -0.1) is 0 Å². The topological polar surface area (TPSA) is 95.9 Å². The van der Waals surface area contributed by atoms with Crippen LogP contribution in [0.4, 0.5) is 5.69 Å². The summed E-state index contributed by atoms with van der Waals surface area (Å²) in [6, 6.07) is 4.75. The average Bonchev–Trinajstić information content (AvgIpc) is 3.09. The molecule has 2 rings (SSSR count). The van der Waals surface area contributed by atoms with E-state index in [1.807, 2.05) is 0 Å². The highest BCUT2D eigenvalue weighted by molar-refractivity contribution is 6.02. The van der Waals surface area contributed by atoms with Gasteiger partial charge in [0.05, 0.1) is 24.5 Å². The number of nitrogens with zero attached hydrogens (tertiary/aromatic N) is 1. The second-order valence-corrected chi connectivity index (χ2v) is 6.72. The molecular formula is C17H22N2O5. The Morgan fingerprint density at radius 2 is 1.83 bits per heavy atom. The second kappa shape index (κ2) is 6.14. The van der Waals surface area contributed by atoms with E-state index in [4.69, 9.17) is 4.74 Å². The van der Waals surface area contributed by atoms with E-state index >= 15 is 0 Å². The van der Waals surface area contributed by atoms with Crippen LogP contribution in [0.15, 0.2) is 18.2 Å². The highest BCUT2D eigenvalue weighted by Gasteiger charge is 2.65. The molecule has 1 aromatic rings. The number of carbonyl (C=O) groups is 3. The lowest BCUT2D eigenvalue weighted by atomic mass is 10.1. The molecule has 2 amide bonds. The lowest BCUT2D eigenvalue weighted by Crippen LogP contribution is -2.23. The van der Waals surface area contributed by atoms with E-state index in [-0.39, 0.29) is 11.8 Å². The number of carboxylic acids is 1. The minimum atomic E-state index is -0.974. The number of amides is 2. The summed E-state index contributed by atoms with van der Waals surface area (Å²) in [5, 5.41) is 11.9. The van der Waals surface area contributed by atoms with Gasteiger partial charge in [0.2, 0.25) is 5.91 Å². The maximum atomic E-state index is 12.4. The molecule has 24 heavy (non-hydrogen) atoms. The summed E-state index contributed by atoms with van der Waals surface area (Å²) in [4.78, 5) is 37.2. The molecule has 1 aliphatic carbocycles. The van der Waals surface area contributed by atoms with Crippen LogP contribution < -0.4 is 10.1 Å². The predicted molar refractivity (Wildman–Crippen MR) is 88.0 cm³/mol. The fourth-order valence-corrected chi connectivity index (χ4v) is 3.00. The summed E-state index contributed by atoms with van der Waals surface area (Å²) >= 11 is 0. The Balaban J connectivity index is 2.22. The third-order valence-corrected chi connectivity index (χ3v) is 4.48. The van der Waals surface area contributed by atoms with Crippen molar-refractivity contribution in [3.05, 3.63) is 23.8 Å². The molecule has 1 fully saturated rings. The van der Waals surface area contributed by atoms with E-state index in [9.17, 15) is 19.5 Å². The maximum absolute atomic E-state index is 12.4. The van der Waals surface area contributed by atoms with Gasteiger partial charge >= 0.3 is 5.97 Å². The molecule has 7 nitrogen and oxygen atoms in total. The van der Waals surface area contributed by atoms with E-state index in [2.05, 4.69) is 5.32 Å². The summed E-state index contributed by atoms with van der Waals surface area (Å²) in [5.74, 6) is -2.47. The number of hydrogen-bond donors (Lipinski definition) is 2. The number of carboxylic acid groups (broad SMARTS) is 1. The van der Waals surface area contributed by atoms with Crippen LogP contribution in [0, 0.1) is 17.3 Å². The van der Waals surface area contributed by atoms with Crippen molar-refractivity contribution < 1.29 is 24.2 Å². The zero-order valence-corrected chi connectivity index (χ0v) is 14.4. The van der Waals surface area contributed by atoms with Crippen LogP contribution in [0.3, 0.4) is 0 Å². The summed E-state index contributed by atoms with van der Waals surface area (Å²) in [6.07, 6.45) is 0. The van der Waals surface area contributed by atoms with E-state index < -0.39 is 23.2 Å². The molecular weight excluding hydrogens is 312 g/mol. The van der Waals surface area contributed by atoms with Crippen LogP contribution in [-0.4, -0.2) is 49.0 Å². The first-order chi connectivity index (χ1) is 11.1. The van der Waals surface area contributed by atoms with Crippen molar-refractivity contribution in [1.82, 2.24) is 4.90 Å². The van der Waals surface area contributed by atoms with Crippen molar-refractivity contribution in [3.63, 3.8) is 0 Å². The average molecular weight is 334 g/mol. The first kappa shape index (κ1) is 17.8. The Kier molecular flexibility index (Phi) is 4.55. The van der Waals surface area contributed by atoms with Gasteiger partial charge < -0.3 is 20.1 Å². The number of hydrogen-bond acceptors (Lipinski definition) is 4. The zero-order valence-electron chi connectivity index (χ0n) is 14.4. The minimum absolute atomic E-state index is 0.252. The number of anilines is 1. The van der Waals surface area contributed by atoms with Gasteiger partial charge in [-0.3, -0.25) is 14.4 Å². The molecule has 0 spiro atoms. The van der Waals surface area contributed by atoms with Gasteiger partial charge in [-0.25, -0.2) is 0 Å². The smallest absolute Gasteiger partial charge is 0.307 e. The third-order valence-electron chi connectivity index (χ3n) is 4.48. The van der Waals surface area contributed by atoms with Crippen molar-refractivity contribution in [2.75, 3.05) is 26.5 Å². The molecule has 1 aliphatic rings. The Morgan fingerprint density at radius 3 is 2.29 bits per heavy atom.